The quantitative estimate of drug-likeness (QED) is 0.878. The first-order valence-electron chi connectivity index (χ1n) is 6.03. The fourth-order valence-corrected chi connectivity index (χ4v) is 3.98. The number of hydrogen-bond donors (Lipinski definition) is 1. The second kappa shape index (κ2) is 5.19. The van der Waals surface area contributed by atoms with E-state index in [1.54, 1.807) is 0 Å². The van der Waals surface area contributed by atoms with E-state index in [1.165, 1.54) is 27.9 Å². The van der Waals surface area contributed by atoms with Gasteiger partial charge in [0.05, 0.1) is 3.79 Å². The summed E-state index contributed by atoms with van der Waals surface area (Å²) in [5.41, 5.74) is 0.559. The SMILES string of the molecule is CC1(C)CCC(NCCc2ccc(Br)s2)C1. The third-order valence-corrected chi connectivity index (χ3v) is 5.09. The molecule has 1 saturated carbocycles. The van der Waals surface area contributed by atoms with Gasteiger partial charge >= 0.3 is 0 Å². The molecular formula is C13H20BrNS. The van der Waals surface area contributed by atoms with E-state index in [1.807, 2.05) is 11.3 Å². The molecule has 1 atom stereocenters. The van der Waals surface area contributed by atoms with Gasteiger partial charge in [0.15, 0.2) is 0 Å². The first-order valence-corrected chi connectivity index (χ1v) is 7.64. The molecule has 0 saturated heterocycles. The Kier molecular flexibility index (Phi) is 4.09. The number of rotatable bonds is 4. The van der Waals surface area contributed by atoms with Crippen molar-refractivity contribution in [2.45, 2.75) is 45.6 Å². The van der Waals surface area contributed by atoms with E-state index in [4.69, 9.17) is 0 Å². The van der Waals surface area contributed by atoms with Crippen molar-refractivity contribution >= 4 is 27.3 Å². The van der Waals surface area contributed by atoms with Crippen molar-refractivity contribution in [3.05, 3.63) is 20.8 Å². The van der Waals surface area contributed by atoms with Gasteiger partial charge in [-0.25, -0.2) is 0 Å². The molecule has 0 aromatic carbocycles. The lowest BCUT2D eigenvalue weighted by Crippen LogP contribution is -2.29. The van der Waals surface area contributed by atoms with Crippen LogP contribution in [0, 0.1) is 5.41 Å². The molecule has 90 valence electrons. The van der Waals surface area contributed by atoms with Gasteiger partial charge in [0.1, 0.15) is 0 Å². The Morgan fingerprint density at radius 2 is 2.31 bits per heavy atom. The van der Waals surface area contributed by atoms with E-state index in [-0.39, 0.29) is 0 Å². The van der Waals surface area contributed by atoms with Crippen LogP contribution in [0.25, 0.3) is 0 Å². The van der Waals surface area contributed by atoms with E-state index < -0.39 is 0 Å². The van der Waals surface area contributed by atoms with Crippen molar-refractivity contribution < 1.29 is 0 Å². The van der Waals surface area contributed by atoms with E-state index in [0.29, 0.717) is 5.41 Å². The average molecular weight is 302 g/mol. The van der Waals surface area contributed by atoms with Crippen LogP contribution in [0.3, 0.4) is 0 Å². The number of thiophene rings is 1. The number of halogens is 1. The van der Waals surface area contributed by atoms with Crippen LogP contribution in [-0.4, -0.2) is 12.6 Å². The molecule has 2 rings (SSSR count). The van der Waals surface area contributed by atoms with Crippen LogP contribution in [0.15, 0.2) is 15.9 Å². The predicted octanol–water partition coefficient (Wildman–Crippen LogP) is 4.22. The van der Waals surface area contributed by atoms with Gasteiger partial charge < -0.3 is 5.32 Å². The van der Waals surface area contributed by atoms with Crippen molar-refractivity contribution in [2.75, 3.05) is 6.54 Å². The molecule has 1 fully saturated rings. The lowest BCUT2D eigenvalue weighted by Gasteiger charge is -2.17. The molecule has 1 heterocycles. The topological polar surface area (TPSA) is 12.0 Å². The molecule has 1 aromatic rings. The first kappa shape index (κ1) is 12.6. The highest BCUT2D eigenvalue weighted by Crippen LogP contribution is 2.36. The molecule has 0 aliphatic heterocycles. The largest absolute Gasteiger partial charge is 0.314 e. The maximum absolute atomic E-state index is 3.69. The summed E-state index contributed by atoms with van der Waals surface area (Å²) in [5.74, 6) is 0. The smallest absolute Gasteiger partial charge is 0.0701 e. The zero-order valence-electron chi connectivity index (χ0n) is 10.1. The van der Waals surface area contributed by atoms with E-state index >= 15 is 0 Å². The van der Waals surface area contributed by atoms with Crippen molar-refractivity contribution in [3.63, 3.8) is 0 Å². The molecule has 3 heteroatoms. The molecule has 1 aliphatic rings. The van der Waals surface area contributed by atoms with E-state index in [0.717, 1.165) is 19.0 Å². The minimum Gasteiger partial charge on any atom is -0.314 e. The molecule has 1 nitrogen and oxygen atoms in total. The molecule has 1 aromatic heterocycles. The minimum absolute atomic E-state index is 0.559. The molecule has 1 N–H and O–H groups in total. The van der Waals surface area contributed by atoms with Crippen molar-refractivity contribution in [2.24, 2.45) is 5.41 Å². The Labute approximate surface area is 111 Å². The highest BCUT2D eigenvalue weighted by Gasteiger charge is 2.30. The van der Waals surface area contributed by atoms with Gasteiger partial charge in [-0.2, -0.15) is 0 Å². The summed E-state index contributed by atoms with van der Waals surface area (Å²) in [5, 5.41) is 3.69. The number of nitrogens with one attached hydrogen (secondary N) is 1. The van der Waals surface area contributed by atoms with Crippen LogP contribution in [0.1, 0.15) is 38.0 Å². The minimum atomic E-state index is 0.559. The second-order valence-electron chi connectivity index (χ2n) is 5.51. The summed E-state index contributed by atoms with van der Waals surface area (Å²) < 4.78 is 1.24. The maximum Gasteiger partial charge on any atom is 0.0701 e. The monoisotopic (exact) mass is 301 g/mol. The zero-order valence-corrected chi connectivity index (χ0v) is 12.5. The lowest BCUT2D eigenvalue weighted by molar-refractivity contribution is 0.365. The Hall–Kier alpha value is 0.140. The summed E-state index contributed by atoms with van der Waals surface area (Å²) in [7, 11) is 0. The molecule has 1 unspecified atom stereocenters. The van der Waals surface area contributed by atoms with Crippen LogP contribution < -0.4 is 5.32 Å². The molecular weight excluding hydrogens is 282 g/mol. The summed E-state index contributed by atoms with van der Waals surface area (Å²) in [4.78, 5) is 1.47. The highest BCUT2D eigenvalue weighted by atomic mass is 79.9. The number of hydrogen-bond acceptors (Lipinski definition) is 2. The molecule has 0 amide bonds. The maximum atomic E-state index is 3.69. The van der Waals surface area contributed by atoms with Crippen molar-refractivity contribution in [3.8, 4) is 0 Å². The predicted molar refractivity (Wildman–Crippen MR) is 75.1 cm³/mol. The fourth-order valence-electron chi connectivity index (χ4n) is 2.50. The Bertz CT molecular complexity index is 345. The third kappa shape index (κ3) is 3.57. The van der Waals surface area contributed by atoms with Crippen LogP contribution in [0.5, 0.6) is 0 Å². The van der Waals surface area contributed by atoms with Gasteiger partial charge in [-0.15, -0.1) is 11.3 Å². The normalized spacial score (nSPS) is 23.8. The second-order valence-corrected chi connectivity index (χ2v) is 8.06. The Balaban J connectivity index is 1.69. The van der Waals surface area contributed by atoms with E-state index in [2.05, 4.69) is 47.2 Å². The van der Waals surface area contributed by atoms with Gasteiger partial charge in [-0.3, -0.25) is 0 Å². The summed E-state index contributed by atoms with van der Waals surface area (Å²) >= 11 is 5.35. The van der Waals surface area contributed by atoms with Gasteiger partial charge in [-0.05, 0) is 59.2 Å². The molecule has 16 heavy (non-hydrogen) atoms. The van der Waals surface area contributed by atoms with Crippen molar-refractivity contribution in [1.29, 1.82) is 0 Å². The van der Waals surface area contributed by atoms with Gasteiger partial charge in [-0.1, -0.05) is 13.8 Å². The summed E-state index contributed by atoms with van der Waals surface area (Å²) in [6, 6.07) is 5.10. The highest BCUT2D eigenvalue weighted by molar-refractivity contribution is 9.11. The first-order chi connectivity index (χ1) is 7.55. The molecule has 0 radical (unpaired) electrons. The molecule has 0 spiro atoms. The van der Waals surface area contributed by atoms with Crippen LogP contribution in [-0.2, 0) is 6.42 Å². The lowest BCUT2D eigenvalue weighted by atomic mass is 9.92. The van der Waals surface area contributed by atoms with Crippen molar-refractivity contribution in [1.82, 2.24) is 5.32 Å². The van der Waals surface area contributed by atoms with Crippen LogP contribution in [0.4, 0.5) is 0 Å². The van der Waals surface area contributed by atoms with Gasteiger partial charge in [0.25, 0.3) is 0 Å². The molecule has 1 aliphatic carbocycles. The third-order valence-electron chi connectivity index (χ3n) is 3.40. The summed E-state index contributed by atoms with van der Waals surface area (Å²) in [6.07, 6.45) is 5.21. The van der Waals surface area contributed by atoms with Gasteiger partial charge in [0.2, 0.25) is 0 Å². The molecule has 0 bridgehead atoms. The Morgan fingerprint density at radius 3 is 2.88 bits per heavy atom. The zero-order chi connectivity index (χ0) is 11.6. The average Bonchev–Trinajstić information content (AvgIpc) is 2.73. The summed E-state index contributed by atoms with van der Waals surface area (Å²) in [6.45, 7) is 5.88. The Morgan fingerprint density at radius 1 is 1.50 bits per heavy atom. The van der Waals surface area contributed by atoms with Crippen LogP contribution in [0.2, 0.25) is 0 Å². The van der Waals surface area contributed by atoms with E-state index in [9.17, 15) is 0 Å². The van der Waals surface area contributed by atoms with Crippen LogP contribution >= 0.6 is 27.3 Å². The van der Waals surface area contributed by atoms with Gasteiger partial charge in [0, 0.05) is 17.5 Å². The fraction of sp³-hybridized carbons (Fsp3) is 0.692. The standard InChI is InChI=1S/C13H20BrNS/c1-13(2)7-5-10(9-13)15-8-6-11-3-4-12(14)16-11/h3-4,10,15H,5-9H2,1-2H3.